The molecule has 0 spiro atoms. The van der Waals surface area contributed by atoms with Gasteiger partial charge in [0.05, 0.1) is 35.6 Å². The molecule has 1 N–H and O–H groups in total. The number of aromatic nitrogens is 3. The van der Waals surface area contributed by atoms with E-state index < -0.39 is 0 Å². The first-order chi connectivity index (χ1) is 9.20. The third-order valence-electron chi connectivity index (χ3n) is 2.43. The van der Waals surface area contributed by atoms with Crippen molar-refractivity contribution in [2.75, 3.05) is 19.0 Å². The fourth-order valence-corrected chi connectivity index (χ4v) is 1.70. The highest BCUT2D eigenvalue weighted by Gasteiger charge is 2.11. The van der Waals surface area contributed by atoms with Gasteiger partial charge >= 0.3 is 0 Å². The maximum absolute atomic E-state index is 12.0. The minimum atomic E-state index is -0.293. The van der Waals surface area contributed by atoms with Crippen molar-refractivity contribution in [2.45, 2.75) is 6.54 Å². The van der Waals surface area contributed by atoms with Crippen LogP contribution in [0, 0.1) is 0 Å². The number of carbonyl (C=O) groups excluding carboxylic acids is 1. The molecule has 2 heterocycles. The van der Waals surface area contributed by atoms with Gasteiger partial charge in [-0.25, -0.2) is 0 Å². The number of hydrogen-bond donors (Lipinski definition) is 1. The van der Waals surface area contributed by atoms with E-state index in [9.17, 15) is 4.79 Å². The number of nitrogens with one attached hydrogen (secondary N) is 1. The molecule has 0 atom stereocenters. The zero-order chi connectivity index (χ0) is 13.7. The number of methoxy groups -OCH3 is 1. The minimum absolute atomic E-state index is 0.293. The molecule has 0 aliphatic carbocycles. The smallest absolute Gasteiger partial charge is 0.257 e. The molecule has 0 saturated carbocycles. The van der Waals surface area contributed by atoms with Gasteiger partial charge in [0.2, 0.25) is 0 Å². The first kappa shape index (κ1) is 13.5. The summed E-state index contributed by atoms with van der Waals surface area (Å²) < 4.78 is 6.64. The van der Waals surface area contributed by atoms with E-state index in [2.05, 4.69) is 15.4 Å². The van der Waals surface area contributed by atoms with Crippen LogP contribution in [0.25, 0.3) is 0 Å². The molecule has 0 aliphatic heterocycles. The summed E-state index contributed by atoms with van der Waals surface area (Å²) >= 11 is 5.90. The van der Waals surface area contributed by atoms with Crippen LogP contribution in [0.5, 0.6) is 0 Å². The monoisotopic (exact) mass is 280 g/mol. The van der Waals surface area contributed by atoms with Gasteiger partial charge in [-0.15, -0.1) is 0 Å². The Labute approximate surface area is 115 Å². The zero-order valence-electron chi connectivity index (χ0n) is 10.3. The largest absolute Gasteiger partial charge is 0.383 e. The molecule has 2 aromatic heterocycles. The Balaban J connectivity index is 2.03. The summed E-state index contributed by atoms with van der Waals surface area (Å²) in [6, 6.07) is 1.56. The first-order valence-electron chi connectivity index (χ1n) is 5.63. The standard InChI is InChI=1S/C12H13ClN4O2/c1-19-5-4-17-8-9(6-15-17)16-12(18)10-2-3-14-7-11(10)13/h2-3,6-8H,4-5H2,1H3,(H,16,18). The van der Waals surface area contributed by atoms with E-state index in [1.165, 1.54) is 12.4 Å². The lowest BCUT2D eigenvalue weighted by atomic mass is 10.2. The number of pyridine rings is 1. The van der Waals surface area contributed by atoms with Crippen molar-refractivity contribution in [1.82, 2.24) is 14.8 Å². The number of hydrogen-bond acceptors (Lipinski definition) is 4. The van der Waals surface area contributed by atoms with Crippen LogP contribution in [0.3, 0.4) is 0 Å². The van der Waals surface area contributed by atoms with E-state index in [4.69, 9.17) is 16.3 Å². The molecule has 0 fully saturated rings. The summed E-state index contributed by atoms with van der Waals surface area (Å²) in [6.07, 6.45) is 6.25. The Morgan fingerprint density at radius 1 is 1.53 bits per heavy atom. The van der Waals surface area contributed by atoms with E-state index in [0.717, 1.165) is 0 Å². The second-order valence-electron chi connectivity index (χ2n) is 3.79. The molecule has 2 aromatic rings. The molecular formula is C12H13ClN4O2. The van der Waals surface area contributed by atoms with E-state index in [0.29, 0.717) is 29.4 Å². The molecule has 19 heavy (non-hydrogen) atoms. The van der Waals surface area contributed by atoms with Crippen molar-refractivity contribution in [2.24, 2.45) is 0 Å². The van der Waals surface area contributed by atoms with Gasteiger partial charge in [0.1, 0.15) is 0 Å². The van der Waals surface area contributed by atoms with E-state index in [-0.39, 0.29) is 5.91 Å². The molecule has 0 bridgehead atoms. The zero-order valence-corrected chi connectivity index (χ0v) is 11.1. The summed E-state index contributed by atoms with van der Waals surface area (Å²) in [4.78, 5) is 15.8. The van der Waals surface area contributed by atoms with Crippen LogP contribution in [0.15, 0.2) is 30.9 Å². The Kier molecular flexibility index (Phi) is 4.48. The fourth-order valence-electron chi connectivity index (χ4n) is 1.49. The molecular weight excluding hydrogens is 268 g/mol. The van der Waals surface area contributed by atoms with Crippen molar-refractivity contribution < 1.29 is 9.53 Å². The van der Waals surface area contributed by atoms with Crippen molar-refractivity contribution in [3.63, 3.8) is 0 Å². The number of halogens is 1. The maximum Gasteiger partial charge on any atom is 0.257 e. The van der Waals surface area contributed by atoms with Gasteiger partial charge in [0.25, 0.3) is 5.91 Å². The highest BCUT2D eigenvalue weighted by molar-refractivity contribution is 6.34. The Morgan fingerprint density at radius 2 is 2.37 bits per heavy atom. The Bertz CT molecular complexity index is 570. The van der Waals surface area contributed by atoms with Crippen molar-refractivity contribution in [1.29, 1.82) is 0 Å². The molecule has 0 saturated heterocycles. The number of amides is 1. The lowest BCUT2D eigenvalue weighted by Crippen LogP contribution is -2.12. The van der Waals surface area contributed by atoms with Crippen LogP contribution >= 0.6 is 11.6 Å². The normalized spacial score (nSPS) is 10.4. The van der Waals surface area contributed by atoms with Crippen molar-refractivity contribution in [3.8, 4) is 0 Å². The van der Waals surface area contributed by atoms with Crippen LogP contribution < -0.4 is 5.32 Å². The summed E-state index contributed by atoms with van der Waals surface area (Å²) in [5, 5.41) is 7.13. The molecule has 2 rings (SSSR count). The van der Waals surface area contributed by atoms with Crippen molar-refractivity contribution in [3.05, 3.63) is 41.4 Å². The molecule has 0 aromatic carbocycles. The third kappa shape index (κ3) is 3.52. The first-order valence-corrected chi connectivity index (χ1v) is 6.01. The highest BCUT2D eigenvalue weighted by Crippen LogP contribution is 2.15. The summed E-state index contributed by atoms with van der Waals surface area (Å²) in [6.45, 7) is 1.19. The lowest BCUT2D eigenvalue weighted by molar-refractivity contribution is 0.102. The second kappa shape index (κ2) is 6.31. The number of carbonyl (C=O) groups is 1. The summed E-state index contributed by atoms with van der Waals surface area (Å²) in [7, 11) is 1.62. The number of anilines is 1. The quantitative estimate of drug-likeness (QED) is 0.907. The van der Waals surface area contributed by atoms with Gasteiger partial charge in [-0.1, -0.05) is 11.6 Å². The van der Waals surface area contributed by atoms with E-state index in [1.54, 1.807) is 30.3 Å². The van der Waals surface area contributed by atoms with E-state index >= 15 is 0 Å². The molecule has 0 unspecified atom stereocenters. The molecule has 6 nitrogen and oxygen atoms in total. The van der Waals surface area contributed by atoms with E-state index in [1.807, 2.05) is 0 Å². The summed E-state index contributed by atoms with van der Waals surface area (Å²) in [5.41, 5.74) is 0.982. The maximum atomic E-state index is 12.0. The number of ether oxygens (including phenoxy) is 1. The van der Waals surface area contributed by atoms with Crippen LogP contribution in [-0.4, -0.2) is 34.4 Å². The van der Waals surface area contributed by atoms with Gasteiger partial charge in [0.15, 0.2) is 0 Å². The van der Waals surface area contributed by atoms with Crippen LogP contribution in [-0.2, 0) is 11.3 Å². The topological polar surface area (TPSA) is 69.0 Å². The molecule has 1 amide bonds. The fraction of sp³-hybridized carbons (Fsp3) is 0.250. The van der Waals surface area contributed by atoms with Gasteiger partial charge < -0.3 is 10.1 Å². The molecule has 100 valence electrons. The van der Waals surface area contributed by atoms with Crippen molar-refractivity contribution >= 4 is 23.2 Å². The number of rotatable bonds is 5. The highest BCUT2D eigenvalue weighted by atomic mass is 35.5. The average Bonchev–Trinajstić information content (AvgIpc) is 2.84. The predicted octanol–water partition coefficient (Wildman–Crippen LogP) is 1.83. The minimum Gasteiger partial charge on any atom is -0.383 e. The lowest BCUT2D eigenvalue weighted by Gasteiger charge is -2.03. The molecule has 0 aliphatic rings. The van der Waals surface area contributed by atoms with Gasteiger partial charge in [-0.2, -0.15) is 5.10 Å². The Morgan fingerprint density at radius 3 is 3.11 bits per heavy atom. The molecule has 7 heteroatoms. The average molecular weight is 281 g/mol. The summed E-state index contributed by atoms with van der Waals surface area (Å²) in [5.74, 6) is -0.293. The van der Waals surface area contributed by atoms with Gasteiger partial charge in [-0.05, 0) is 6.07 Å². The molecule has 0 radical (unpaired) electrons. The predicted molar refractivity (Wildman–Crippen MR) is 71.3 cm³/mol. The van der Waals surface area contributed by atoms with Crippen LogP contribution in [0.2, 0.25) is 5.02 Å². The SMILES string of the molecule is COCCn1cc(NC(=O)c2ccncc2Cl)cn1. The van der Waals surface area contributed by atoms with Crippen LogP contribution in [0.4, 0.5) is 5.69 Å². The third-order valence-corrected chi connectivity index (χ3v) is 2.73. The number of nitrogens with zero attached hydrogens (tertiary/aromatic N) is 3. The van der Waals surface area contributed by atoms with Crippen LogP contribution in [0.1, 0.15) is 10.4 Å². The van der Waals surface area contributed by atoms with Gasteiger partial charge in [-0.3, -0.25) is 14.5 Å². The second-order valence-corrected chi connectivity index (χ2v) is 4.20. The van der Waals surface area contributed by atoms with Gasteiger partial charge in [0, 0.05) is 25.7 Å². The Hall–Kier alpha value is -1.92.